The van der Waals surface area contributed by atoms with Crippen molar-refractivity contribution in [3.05, 3.63) is 41.6 Å². The van der Waals surface area contributed by atoms with Gasteiger partial charge in [-0.1, -0.05) is 51.0 Å². The fourth-order valence-electron chi connectivity index (χ4n) is 2.82. The third kappa shape index (κ3) is 3.15. The summed E-state index contributed by atoms with van der Waals surface area (Å²) in [5, 5.41) is 0. The van der Waals surface area contributed by atoms with E-state index in [2.05, 4.69) is 26.8 Å². The lowest BCUT2D eigenvalue weighted by Crippen LogP contribution is -2.39. The van der Waals surface area contributed by atoms with E-state index in [1.165, 1.54) is 0 Å². The summed E-state index contributed by atoms with van der Waals surface area (Å²) in [6, 6.07) is 7.18. The van der Waals surface area contributed by atoms with Gasteiger partial charge in [-0.15, -0.1) is 0 Å². The highest BCUT2D eigenvalue weighted by Gasteiger charge is 2.37. The summed E-state index contributed by atoms with van der Waals surface area (Å²) in [7, 11) is -3.46. The predicted octanol–water partition coefficient (Wildman–Crippen LogP) is 4.10. The monoisotopic (exact) mass is 307 g/mol. The Balaban J connectivity index is 2.43. The molecule has 0 unspecified atom stereocenters. The SMILES string of the molecule is CCCC1=CC[C@@H](C(C)C)N1S(=O)(=O)c1ccc(C)cc1. The van der Waals surface area contributed by atoms with Crippen LogP contribution in [0.15, 0.2) is 40.9 Å². The molecule has 0 saturated carbocycles. The van der Waals surface area contributed by atoms with Crippen LogP contribution in [0.4, 0.5) is 0 Å². The van der Waals surface area contributed by atoms with Crippen LogP contribution in [0.1, 0.15) is 45.6 Å². The molecule has 1 atom stereocenters. The van der Waals surface area contributed by atoms with Gasteiger partial charge in [0.05, 0.1) is 10.9 Å². The zero-order valence-corrected chi connectivity index (χ0v) is 14.2. The Hall–Kier alpha value is -1.29. The molecule has 2 rings (SSSR count). The molecule has 1 aliphatic rings. The zero-order valence-electron chi connectivity index (χ0n) is 13.3. The largest absolute Gasteiger partial charge is 0.267 e. The Bertz CT molecular complexity index is 615. The van der Waals surface area contributed by atoms with Crippen molar-refractivity contribution >= 4 is 10.0 Å². The van der Waals surface area contributed by atoms with Gasteiger partial charge in [-0.3, -0.25) is 4.31 Å². The number of nitrogens with zero attached hydrogens (tertiary/aromatic N) is 1. The Morgan fingerprint density at radius 3 is 2.38 bits per heavy atom. The van der Waals surface area contributed by atoms with Crippen molar-refractivity contribution in [1.82, 2.24) is 4.31 Å². The Kier molecular flexibility index (Phi) is 4.77. The predicted molar refractivity (Wildman–Crippen MR) is 86.4 cm³/mol. The Morgan fingerprint density at radius 2 is 1.86 bits per heavy atom. The van der Waals surface area contributed by atoms with Gasteiger partial charge in [0, 0.05) is 5.70 Å². The van der Waals surface area contributed by atoms with E-state index < -0.39 is 10.0 Å². The number of rotatable bonds is 5. The molecule has 0 N–H and O–H groups in total. The minimum Gasteiger partial charge on any atom is -0.267 e. The van der Waals surface area contributed by atoms with Crippen LogP contribution in [0, 0.1) is 12.8 Å². The van der Waals surface area contributed by atoms with Crippen molar-refractivity contribution < 1.29 is 8.42 Å². The molecule has 0 saturated heterocycles. The highest BCUT2D eigenvalue weighted by molar-refractivity contribution is 7.89. The maximum atomic E-state index is 13.0. The number of hydrogen-bond acceptors (Lipinski definition) is 2. The van der Waals surface area contributed by atoms with Crippen LogP contribution in [-0.4, -0.2) is 18.8 Å². The van der Waals surface area contributed by atoms with E-state index in [0.717, 1.165) is 30.5 Å². The highest BCUT2D eigenvalue weighted by Crippen LogP contribution is 2.35. The van der Waals surface area contributed by atoms with Crippen LogP contribution in [0.25, 0.3) is 0 Å². The molecule has 0 aromatic heterocycles. The first kappa shape index (κ1) is 16.1. The molecule has 116 valence electrons. The van der Waals surface area contributed by atoms with Crippen molar-refractivity contribution in [2.24, 2.45) is 5.92 Å². The molecule has 0 spiro atoms. The van der Waals surface area contributed by atoms with Crippen molar-refractivity contribution in [3.63, 3.8) is 0 Å². The number of aryl methyl sites for hydroxylation is 1. The van der Waals surface area contributed by atoms with Crippen LogP contribution in [0.2, 0.25) is 0 Å². The normalized spacial score (nSPS) is 19.2. The third-order valence-corrected chi connectivity index (χ3v) is 5.92. The minimum absolute atomic E-state index is 0.0397. The second-order valence-electron chi connectivity index (χ2n) is 6.11. The number of sulfonamides is 1. The minimum atomic E-state index is -3.46. The molecule has 0 radical (unpaired) electrons. The lowest BCUT2D eigenvalue weighted by molar-refractivity contribution is 0.320. The molecule has 0 fully saturated rings. The molecule has 1 heterocycles. The van der Waals surface area contributed by atoms with Gasteiger partial charge in [0.15, 0.2) is 0 Å². The van der Waals surface area contributed by atoms with Crippen LogP contribution < -0.4 is 0 Å². The van der Waals surface area contributed by atoms with Crippen LogP contribution in [0.3, 0.4) is 0 Å². The molecule has 21 heavy (non-hydrogen) atoms. The van der Waals surface area contributed by atoms with Gasteiger partial charge in [0.25, 0.3) is 10.0 Å². The molecular weight excluding hydrogens is 282 g/mol. The molecule has 1 aromatic carbocycles. The lowest BCUT2D eigenvalue weighted by Gasteiger charge is -2.31. The second kappa shape index (κ2) is 6.22. The van der Waals surface area contributed by atoms with Crippen LogP contribution >= 0.6 is 0 Å². The molecule has 0 amide bonds. The Labute approximate surface area is 128 Å². The summed E-state index contributed by atoms with van der Waals surface area (Å²) in [5.74, 6) is 0.302. The van der Waals surface area contributed by atoms with E-state index in [9.17, 15) is 8.42 Å². The first-order valence-electron chi connectivity index (χ1n) is 7.68. The fourth-order valence-corrected chi connectivity index (χ4v) is 4.69. The maximum absolute atomic E-state index is 13.0. The molecule has 4 heteroatoms. The molecular formula is C17H25NO2S. The summed E-state index contributed by atoms with van der Waals surface area (Å²) in [4.78, 5) is 0.391. The zero-order chi connectivity index (χ0) is 15.6. The van der Waals surface area contributed by atoms with E-state index in [1.54, 1.807) is 16.4 Å². The quantitative estimate of drug-likeness (QED) is 0.821. The summed E-state index contributed by atoms with van der Waals surface area (Å²) >= 11 is 0. The van der Waals surface area contributed by atoms with Crippen LogP contribution in [-0.2, 0) is 10.0 Å². The first-order valence-corrected chi connectivity index (χ1v) is 9.12. The van der Waals surface area contributed by atoms with Crippen molar-refractivity contribution in [3.8, 4) is 0 Å². The maximum Gasteiger partial charge on any atom is 0.264 e. The number of benzene rings is 1. The number of hydrogen-bond donors (Lipinski definition) is 0. The van der Waals surface area contributed by atoms with Gasteiger partial charge in [0.1, 0.15) is 0 Å². The van der Waals surface area contributed by atoms with E-state index in [-0.39, 0.29) is 6.04 Å². The molecule has 3 nitrogen and oxygen atoms in total. The number of allylic oxidation sites excluding steroid dienone is 1. The van der Waals surface area contributed by atoms with Crippen molar-refractivity contribution in [2.45, 2.75) is 57.9 Å². The summed E-state index contributed by atoms with van der Waals surface area (Å²) in [6.45, 7) is 8.22. The molecule has 0 bridgehead atoms. The van der Waals surface area contributed by atoms with Crippen molar-refractivity contribution in [2.75, 3.05) is 0 Å². The molecule has 1 aliphatic heterocycles. The topological polar surface area (TPSA) is 37.4 Å². The summed E-state index contributed by atoms with van der Waals surface area (Å²) < 4.78 is 27.7. The summed E-state index contributed by atoms with van der Waals surface area (Å²) in [6.07, 6.45) is 4.68. The van der Waals surface area contributed by atoms with E-state index in [4.69, 9.17) is 0 Å². The standard InChI is InChI=1S/C17H25NO2S/c1-5-6-15-9-12-17(13(2)3)18(15)21(19,20)16-10-7-14(4)8-11-16/h7-11,13,17H,5-6,12H2,1-4H3/t17-/m0/s1. The van der Waals surface area contributed by atoms with E-state index in [1.807, 2.05) is 19.1 Å². The average molecular weight is 307 g/mol. The molecule has 1 aromatic rings. The van der Waals surface area contributed by atoms with E-state index >= 15 is 0 Å². The third-order valence-electron chi connectivity index (χ3n) is 4.03. The van der Waals surface area contributed by atoms with Gasteiger partial charge in [-0.05, 0) is 37.8 Å². The van der Waals surface area contributed by atoms with Gasteiger partial charge in [0.2, 0.25) is 0 Å². The first-order chi connectivity index (χ1) is 9.87. The Morgan fingerprint density at radius 1 is 1.24 bits per heavy atom. The summed E-state index contributed by atoms with van der Waals surface area (Å²) in [5.41, 5.74) is 2.02. The van der Waals surface area contributed by atoms with Gasteiger partial charge in [-0.2, -0.15) is 0 Å². The highest BCUT2D eigenvalue weighted by atomic mass is 32.2. The van der Waals surface area contributed by atoms with Crippen molar-refractivity contribution in [1.29, 1.82) is 0 Å². The fraction of sp³-hybridized carbons (Fsp3) is 0.529. The molecule has 0 aliphatic carbocycles. The lowest BCUT2D eigenvalue weighted by atomic mass is 10.0. The van der Waals surface area contributed by atoms with Gasteiger partial charge in [-0.25, -0.2) is 8.42 Å². The van der Waals surface area contributed by atoms with Crippen LogP contribution in [0.5, 0.6) is 0 Å². The van der Waals surface area contributed by atoms with E-state index in [0.29, 0.717) is 10.8 Å². The van der Waals surface area contributed by atoms with Gasteiger partial charge < -0.3 is 0 Å². The smallest absolute Gasteiger partial charge is 0.264 e. The second-order valence-corrected chi connectivity index (χ2v) is 7.92. The van der Waals surface area contributed by atoms with Gasteiger partial charge >= 0.3 is 0 Å². The average Bonchev–Trinajstić information content (AvgIpc) is 2.84.